The number of hydrogen-bond donors (Lipinski definition) is 0. The maximum atomic E-state index is 14.2. The summed E-state index contributed by atoms with van der Waals surface area (Å²) in [5.41, 5.74) is 10.5. The van der Waals surface area contributed by atoms with Crippen LogP contribution in [0.3, 0.4) is 0 Å². The highest BCUT2D eigenvalue weighted by atomic mass is 31.1. The molecule has 4 aliphatic carbocycles. The second-order valence-corrected chi connectivity index (χ2v) is 20.8. The summed E-state index contributed by atoms with van der Waals surface area (Å²) in [4.78, 5) is 14.2. The molecule has 4 saturated carbocycles. The average Bonchev–Trinajstić information content (AvgIpc) is 3.21. The van der Waals surface area contributed by atoms with Gasteiger partial charge in [0, 0.05) is 33.0 Å². The third-order valence-electron chi connectivity index (χ3n) is 12.5. The van der Waals surface area contributed by atoms with E-state index in [0.29, 0.717) is 29.3 Å². The predicted molar refractivity (Wildman–Crippen MR) is 228 cm³/mol. The van der Waals surface area contributed by atoms with Crippen molar-refractivity contribution < 1.29 is 27.2 Å². The molecule has 5 aromatic rings. The van der Waals surface area contributed by atoms with Crippen molar-refractivity contribution >= 4 is 36.3 Å². The summed E-state index contributed by atoms with van der Waals surface area (Å²) in [6, 6.07) is 17.2. The number of carbonyl (C=O) groups excluding carboxylic acids is 1. The predicted octanol–water partition coefficient (Wildman–Crippen LogP) is 14.7. The SMILES string of the molecule is Cc1cc(-c2cc(C)cc(C(C)(C)C)c2Op2oc3c(C)cc(C)cc3c3cc(C)cc(C)c3o2)c(OC(=O)OC23CC4CC(CC(C4)C2)C3)c(C(C)(C)C)c1. The van der Waals surface area contributed by atoms with E-state index in [1.54, 1.807) is 0 Å². The summed E-state index contributed by atoms with van der Waals surface area (Å²) < 4.78 is 33.9. The smallest absolute Gasteiger partial charge is 0.427 e. The zero-order valence-corrected chi connectivity index (χ0v) is 36.4. The summed E-state index contributed by atoms with van der Waals surface area (Å²) in [5.74, 6) is 3.10. The zero-order valence-electron chi connectivity index (χ0n) is 35.5. The van der Waals surface area contributed by atoms with Crippen molar-refractivity contribution in [3.8, 4) is 22.6 Å². The molecule has 6 nitrogen and oxygen atoms in total. The molecule has 1 aromatic heterocycles. The van der Waals surface area contributed by atoms with Crippen molar-refractivity contribution in [2.24, 2.45) is 17.8 Å². The lowest BCUT2D eigenvalue weighted by atomic mass is 9.54. The summed E-state index contributed by atoms with van der Waals surface area (Å²) in [7, 11) is -1.99. The van der Waals surface area contributed by atoms with E-state index in [0.717, 1.165) is 96.8 Å². The van der Waals surface area contributed by atoms with E-state index in [-0.39, 0.29) is 10.8 Å². The standard InChI is InChI=1S/C49H59O6P/c1-27-13-31(5)42-36(15-27)37-16-28(2)14-32(6)43(37)54-56(53-42)55-45-39(18-30(4)20-41(45)48(10,11)12)38-17-29(3)19-40(47(7,8)9)44(38)51-46(50)52-49-24-33-21-34(25-49)23-35(22-33)26-49/h13-20,33-35H,21-26H2,1-12H3. The van der Waals surface area contributed by atoms with Gasteiger partial charge in [-0.2, -0.15) is 0 Å². The third kappa shape index (κ3) is 7.28. The van der Waals surface area contributed by atoms with Crippen LogP contribution >= 0.6 is 8.24 Å². The molecule has 0 N–H and O–H groups in total. The molecule has 0 amide bonds. The molecule has 296 valence electrons. The van der Waals surface area contributed by atoms with Crippen molar-refractivity contribution in [2.75, 3.05) is 0 Å². The van der Waals surface area contributed by atoms with Crippen molar-refractivity contribution in [1.82, 2.24) is 0 Å². The second-order valence-electron chi connectivity index (χ2n) is 19.8. The minimum Gasteiger partial charge on any atom is -0.427 e. The van der Waals surface area contributed by atoms with Gasteiger partial charge in [-0.1, -0.05) is 65.8 Å². The van der Waals surface area contributed by atoms with Crippen LogP contribution in [0.5, 0.6) is 11.5 Å². The summed E-state index contributed by atoms with van der Waals surface area (Å²) in [6.07, 6.45) is 6.03. The van der Waals surface area contributed by atoms with E-state index in [1.165, 1.54) is 19.3 Å². The maximum Gasteiger partial charge on any atom is 0.514 e. The fraction of sp³-hybridized carbons (Fsp3) is 0.490. The molecule has 9 rings (SSSR count). The van der Waals surface area contributed by atoms with E-state index in [9.17, 15) is 4.79 Å². The summed E-state index contributed by atoms with van der Waals surface area (Å²) in [5, 5.41) is 2.00. The summed E-state index contributed by atoms with van der Waals surface area (Å²) in [6.45, 7) is 25.7. The number of hydrogen-bond acceptors (Lipinski definition) is 6. The van der Waals surface area contributed by atoms with E-state index >= 15 is 0 Å². The van der Waals surface area contributed by atoms with Crippen molar-refractivity contribution in [3.05, 3.63) is 93.0 Å². The van der Waals surface area contributed by atoms with Crippen LogP contribution in [0.2, 0.25) is 0 Å². The van der Waals surface area contributed by atoms with Crippen LogP contribution in [0.15, 0.2) is 56.9 Å². The number of ether oxygens (including phenoxy) is 2. The number of carbonyl (C=O) groups is 1. The number of fused-ring (bicyclic) bond motifs is 3. The first-order chi connectivity index (χ1) is 26.2. The molecule has 1 heterocycles. The van der Waals surface area contributed by atoms with Gasteiger partial charge in [-0.25, -0.2) is 4.79 Å². The van der Waals surface area contributed by atoms with Gasteiger partial charge in [0.1, 0.15) is 28.3 Å². The quantitative estimate of drug-likeness (QED) is 0.131. The number of rotatable bonds is 5. The topological polar surface area (TPSA) is 71.0 Å². The Morgan fingerprint density at radius 2 is 1.02 bits per heavy atom. The van der Waals surface area contributed by atoms with Crippen molar-refractivity contribution in [1.29, 1.82) is 0 Å². The first-order valence-corrected chi connectivity index (χ1v) is 21.6. The molecule has 56 heavy (non-hydrogen) atoms. The lowest BCUT2D eigenvalue weighted by molar-refractivity contribution is -0.135. The second kappa shape index (κ2) is 13.8. The Morgan fingerprint density at radius 1 is 0.607 bits per heavy atom. The minimum absolute atomic E-state index is 0.317. The Morgan fingerprint density at radius 3 is 1.46 bits per heavy atom. The molecule has 0 radical (unpaired) electrons. The van der Waals surface area contributed by atoms with Crippen LogP contribution in [0.4, 0.5) is 4.79 Å². The molecule has 4 fully saturated rings. The highest BCUT2D eigenvalue weighted by Gasteiger charge is 2.53. The molecule has 0 unspecified atom stereocenters. The van der Waals surface area contributed by atoms with Gasteiger partial charge in [0.2, 0.25) is 0 Å². The molecule has 0 aliphatic heterocycles. The molecule has 4 aliphatic rings. The van der Waals surface area contributed by atoms with Crippen LogP contribution in [0.25, 0.3) is 33.1 Å². The Bertz CT molecular complexity index is 2330. The highest BCUT2D eigenvalue weighted by molar-refractivity contribution is 7.32. The Kier molecular flexibility index (Phi) is 9.51. The molecule has 0 spiro atoms. The van der Waals surface area contributed by atoms with E-state index in [4.69, 9.17) is 22.4 Å². The maximum absolute atomic E-state index is 14.2. The lowest BCUT2D eigenvalue weighted by Crippen LogP contribution is -2.53. The molecule has 4 bridgehead atoms. The fourth-order valence-corrected chi connectivity index (χ4v) is 11.8. The van der Waals surface area contributed by atoms with Gasteiger partial charge in [-0.05, 0) is 166 Å². The Labute approximate surface area is 333 Å². The van der Waals surface area contributed by atoms with Gasteiger partial charge in [0.25, 0.3) is 0 Å². The van der Waals surface area contributed by atoms with E-state index in [2.05, 4.69) is 132 Å². The van der Waals surface area contributed by atoms with Gasteiger partial charge in [0.15, 0.2) is 0 Å². The third-order valence-corrected chi connectivity index (χ3v) is 13.5. The lowest BCUT2D eigenvalue weighted by Gasteiger charge is -2.55. The van der Waals surface area contributed by atoms with Gasteiger partial charge in [-0.3, -0.25) is 0 Å². The molecular formula is C49H59O6P. The van der Waals surface area contributed by atoms with Gasteiger partial charge >= 0.3 is 14.4 Å². The van der Waals surface area contributed by atoms with E-state index in [1.807, 2.05) is 0 Å². The van der Waals surface area contributed by atoms with Crippen LogP contribution in [-0.4, -0.2) is 11.8 Å². The Hall–Kier alpha value is -4.15. The van der Waals surface area contributed by atoms with Gasteiger partial charge in [0.05, 0.1) is 0 Å². The molecule has 0 saturated heterocycles. The number of aryl methyl sites for hydroxylation is 6. The Balaban J connectivity index is 1.32. The van der Waals surface area contributed by atoms with Crippen molar-refractivity contribution in [2.45, 2.75) is 138 Å². The average molecular weight is 775 g/mol. The molecule has 7 heteroatoms. The largest absolute Gasteiger partial charge is 0.514 e. The van der Waals surface area contributed by atoms with Crippen molar-refractivity contribution in [3.63, 3.8) is 0 Å². The van der Waals surface area contributed by atoms with Gasteiger partial charge < -0.3 is 22.4 Å². The molecule has 4 aromatic carbocycles. The van der Waals surface area contributed by atoms with Crippen LogP contribution in [0.1, 0.15) is 125 Å². The number of benzene rings is 4. The highest BCUT2D eigenvalue weighted by Crippen LogP contribution is 2.57. The summed E-state index contributed by atoms with van der Waals surface area (Å²) >= 11 is 0. The fourth-order valence-electron chi connectivity index (χ4n) is 10.5. The normalized spacial score (nSPS) is 21.8. The monoisotopic (exact) mass is 774 g/mol. The minimum atomic E-state index is -1.99. The first kappa shape index (κ1) is 38.7. The van der Waals surface area contributed by atoms with Crippen LogP contribution in [0, 0.1) is 59.3 Å². The van der Waals surface area contributed by atoms with Crippen LogP contribution in [-0.2, 0) is 15.6 Å². The van der Waals surface area contributed by atoms with E-state index < -0.39 is 20.0 Å². The van der Waals surface area contributed by atoms with Gasteiger partial charge in [-0.15, -0.1) is 0 Å². The molecular weight excluding hydrogens is 716 g/mol. The first-order valence-electron chi connectivity index (χ1n) is 20.5. The molecule has 0 atom stereocenters. The van der Waals surface area contributed by atoms with Crippen LogP contribution < -0.4 is 9.26 Å². The zero-order chi connectivity index (χ0) is 40.1.